The Bertz CT molecular complexity index is 196. The molecule has 0 bridgehead atoms. The van der Waals surface area contributed by atoms with Gasteiger partial charge in [-0.3, -0.25) is 0 Å². The van der Waals surface area contributed by atoms with Gasteiger partial charge in [-0.1, -0.05) is 12.8 Å². The van der Waals surface area contributed by atoms with Crippen LogP contribution in [0.4, 0.5) is 0 Å². The molecule has 14 heavy (non-hydrogen) atoms. The summed E-state index contributed by atoms with van der Waals surface area (Å²) < 4.78 is 5.89. The van der Waals surface area contributed by atoms with Crippen molar-refractivity contribution >= 4 is 0 Å². The lowest BCUT2D eigenvalue weighted by Crippen LogP contribution is -2.53. The first-order valence-electron chi connectivity index (χ1n) is 5.64. The Morgan fingerprint density at radius 3 is 2.64 bits per heavy atom. The quantitative estimate of drug-likeness (QED) is 0.710. The van der Waals surface area contributed by atoms with Gasteiger partial charge in [0.15, 0.2) is 0 Å². The number of nitrogens with one attached hydrogen (secondary N) is 1. The summed E-state index contributed by atoms with van der Waals surface area (Å²) in [5.74, 6) is 0.891. The predicted molar refractivity (Wildman–Crippen MR) is 55.2 cm³/mol. The molecule has 82 valence electrons. The van der Waals surface area contributed by atoms with Gasteiger partial charge in [0.25, 0.3) is 0 Å². The Morgan fingerprint density at radius 1 is 1.36 bits per heavy atom. The van der Waals surface area contributed by atoms with Crippen LogP contribution in [0, 0.1) is 5.92 Å². The van der Waals surface area contributed by atoms with E-state index in [0.717, 1.165) is 19.0 Å². The van der Waals surface area contributed by atoms with Crippen LogP contribution < -0.4 is 5.32 Å². The van der Waals surface area contributed by atoms with E-state index >= 15 is 0 Å². The molecule has 1 aliphatic carbocycles. The van der Waals surface area contributed by atoms with Crippen molar-refractivity contribution in [2.75, 3.05) is 13.1 Å². The highest BCUT2D eigenvalue weighted by molar-refractivity contribution is 4.87. The lowest BCUT2D eigenvalue weighted by Gasteiger charge is -2.37. The normalized spacial score (nSPS) is 34.5. The van der Waals surface area contributed by atoms with Gasteiger partial charge in [0.1, 0.15) is 0 Å². The predicted octanol–water partition coefficient (Wildman–Crippen LogP) is 0.914. The van der Waals surface area contributed by atoms with E-state index in [1.165, 1.54) is 19.3 Å². The van der Waals surface area contributed by atoms with Gasteiger partial charge in [-0.15, -0.1) is 0 Å². The maximum atomic E-state index is 9.84. The fraction of sp³-hybridized carbons (Fsp3) is 1.00. The van der Waals surface area contributed by atoms with Crippen LogP contribution in [0.1, 0.15) is 33.1 Å². The van der Waals surface area contributed by atoms with Crippen molar-refractivity contribution in [1.82, 2.24) is 5.32 Å². The number of hydrogen-bond donors (Lipinski definition) is 2. The number of morpholine rings is 1. The fourth-order valence-electron chi connectivity index (χ4n) is 1.98. The summed E-state index contributed by atoms with van der Waals surface area (Å²) in [5.41, 5.74) is -0.727. The molecule has 1 saturated heterocycles. The maximum absolute atomic E-state index is 9.84. The number of ether oxygens (including phenoxy) is 1. The Morgan fingerprint density at radius 2 is 2.07 bits per heavy atom. The van der Waals surface area contributed by atoms with Gasteiger partial charge in [-0.25, -0.2) is 0 Å². The molecular formula is C11H21NO2. The van der Waals surface area contributed by atoms with Crippen LogP contribution in [-0.2, 0) is 4.74 Å². The second kappa shape index (κ2) is 3.80. The minimum atomic E-state index is -0.727. The summed E-state index contributed by atoms with van der Waals surface area (Å²) in [6.45, 7) is 5.35. The molecule has 3 nitrogen and oxygen atoms in total. The second-order valence-electron chi connectivity index (χ2n) is 5.24. The number of aliphatic hydroxyl groups is 1. The second-order valence-corrected chi connectivity index (χ2v) is 5.24. The first kappa shape index (κ1) is 10.4. The van der Waals surface area contributed by atoms with Crippen molar-refractivity contribution in [3.05, 3.63) is 0 Å². The van der Waals surface area contributed by atoms with Crippen LogP contribution in [-0.4, -0.2) is 36.0 Å². The average Bonchev–Trinajstić information content (AvgIpc) is 2.87. The molecule has 1 saturated carbocycles. The van der Waals surface area contributed by atoms with Crippen LogP contribution in [0.3, 0.4) is 0 Å². The minimum Gasteiger partial charge on any atom is -0.388 e. The van der Waals surface area contributed by atoms with Crippen LogP contribution in [0.15, 0.2) is 0 Å². The van der Waals surface area contributed by atoms with Crippen molar-refractivity contribution < 1.29 is 9.84 Å². The molecule has 2 aliphatic rings. The Labute approximate surface area is 85.8 Å². The Kier molecular flexibility index (Phi) is 2.82. The van der Waals surface area contributed by atoms with Crippen molar-refractivity contribution in [1.29, 1.82) is 0 Å². The van der Waals surface area contributed by atoms with Crippen LogP contribution >= 0.6 is 0 Å². The van der Waals surface area contributed by atoms with Crippen molar-refractivity contribution in [2.24, 2.45) is 5.92 Å². The summed E-state index contributed by atoms with van der Waals surface area (Å²) in [6, 6.07) is 0. The summed E-state index contributed by atoms with van der Waals surface area (Å²) >= 11 is 0. The standard InChI is InChI=1S/C11H21NO2/c1-11(2,13)10-7-12-6-9(14-10)5-8-3-4-8/h8-10,12-13H,3-7H2,1-2H3/t9-,10-/m0/s1. The van der Waals surface area contributed by atoms with Crippen molar-refractivity contribution in [3.63, 3.8) is 0 Å². The van der Waals surface area contributed by atoms with Gasteiger partial charge in [-0.2, -0.15) is 0 Å². The van der Waals surface area contributed by atoms with E-state index in [4.69, 9.17) is 4.74 Å². The van der Waals surface area contributed by atoms with Crippen LogP contribution in [0.25, 0.3) is 0 Å². The molecule has 2 atom stereocenters. The van der Waals surface area contributed by atoms with Gasteiger partial charge < -0.3 is 15.2 Å². The van der Waals surface area contributed by atoms with Crippen LogP contribution in [0.2, 0.25) is 0 Å². The van der Waals surface area contributed by atoms with E-state index in [-0.39, 0.29) is 6.10 Å². The zero-order chi connectivity index (χ0) is 10.2. The van der Waals surface area contributed by atoms with Gasteiger partial charge in [0.2, 0.25) is 0 Å². The monoisotopic (exact) mass is 199 g/mol. The summed E-state index contributed by atoms with van der Waals surface area (Å²) in [5, 5.41) is 13.2. The third-order valence-corrected chi connectivity index (χ3v) is 3.14. The highest BCUT2D eigenvalue weighted by Gasteiger charge is 2.35. The largest absolute Gasteiger partial charge is 0.388 e. The number of rotatable bonds is 3. The highest BCUT2D eigenvalue weighted by Crippen LogP contribution is 2.35. The molecular weight excluding hydrogens is 178 g/mol. The smallest absolute Gasteiger partial charge is 0.0984 e. The molecule has 0 radical (unpaired) electrons. The zero-order valence-electron chi connectivity index (χ0n) is 9.12. The first-order valence-corrected chi connectivity index (χ1v) is 5.64. The molecule has 3 heteroatoms. The molecule has 1 heterocycles. The molecule has 2 N–H and O–H groups in total. The molecule has 1 aliphatic heterocycles. The summed E-state index contributed by atoms with van der Waals surface area (Å²) in [4.78, 5) is 0. The molecule has 0 unspecified atom stereocenters. The van der Waals surface area contributed by atoms with Crippen molar-refractivity contribution in [3.8, 4) is 0 Å². The summed E-state index contributed by atoms with van der Waals surface area (Å²) in [6.07, 6.45) is 4.16. The van der Waals surface area contributed by atoms with Gasteiger partial charge in [0.05, 0.1) is 17.8 Å². The Hall–Kier alpha value is -0.120. The van der Waals surface area contributed by atoms with E-state index in [1.807, 2.05) is 13.8 Å². The van der Waals surface area contributed by atoms with Gasteiger partial charge in [-0.05, 0) is 26.2 Å². The first-order chi connectivity index (χ1) is 6.55. The summed E-state index contributed by atoms with van der Waals surface area (Å²) in [7, 11) is 0. The van der Waals surface area contributed by atoms with Gasteiger partial charge >= 0.3 is 0 Å². The lowest BCUT2D eigenvalue weighted by atomic mass is 9.99. The van der Waals surface area contributed by atoms with E-state index in [9.17, 15) is 5.11 Å². The maximum Gasteiger partial charge on any atom is 0.0984 e. The highest BCUT2D eigenvalue weighted by atomic mass is 16.5. The minimum absolute atomic E-state index is 0.0556. The van der Waals surface area contributed by atoms with E-state index in [0.29, 0.717) is 6.10 Å². The lowest BCUT2D eigenvalue weighted by molar-refractivity contribution is -0.134. The third-order valence-electron chi connectivity index (χ3n) is 3.14. The third kappa shape index (κ3) is 2.69. The molecule has 0 aromatic heterocycles. The van der Waals surface area contributed by atoms with Gasteiger partial charge in [0, 0.05) is 13.1 Å². The molecule has 2 fully saturated rings. The molecule has 0 aromatic rings. The Balaban J connectivity index is 1.83. The van der Waals surface area contributed by atoms with E-state index in [1.54, 1.807) is 0 Å². The van der Waals surface area contributed by atoms with Crippen molar-refractivity contribution in [2.45, 2.75) is 50.9 Å². The van der Waals surface area contributed by atoms with E-state index < -0.39 is 5.60 Å². The molecule has 2 rings (SSSR count). The molecule has 0 amide bonds. The topological polar surface area (TPSA) is 41.5 Å². The zero-order valence-corrected chi connectivity index (χ0v) is 9.12. The molecule has 0 spiro atoms. The van der Waals surface area contributed by atoms with E-state index in [2.05, 4.69) is 5.32 Å². The fourth-order valence-corrected chi connectivity index (χ4v) is 1.98. The number of hydrogen-bond acceptors (Lipinski definition) is 3. The molecule has 0 aromatic carbocycles. The average molecular weight is 199 g/mol. The SMILES string of the molecule is CC(C)(O)[C@@H]1CNC[C@H](CC2CC2)O1. The van der Waals surface area contributed by atoms with Crippen LogP contribution in [0.5, 0.6) is 0 Å².